The standard InChI is InChI=1S/C44H83NO12S/c1-3-5-7-9-11-13-15-16-17-18-19-20-21-22-23-25-27-29-31-33-38(48)43(51)45-36(37(47)32-30-28-26-24-14-12-10-8-6-4-2)35-55-44-41(50)42(57-58(52,53)54)40(49)39(34-46)56-44/h19-20,30,32,36-42,44,46-50H,3-18,21-29,31,33-35H2,1-2H3,(H,45,51)(H,52,53,54)/b20-19-,32-30+. The number of carbonyl (C=O) groups is 1. The molecule has 0 aromatic rings. The summed E-state index contributed by atoms with van der Waals surface area (Å²) < 4.78 is 47.4. The highest BCUT2D eigenvalue weighted by Gasteiger charge is 2.48. The zero-order chi connectivity index (χ0) is 42.9. The molecule has 0 spiro atoms. The molecular weight excluding hydrogens is 767 g/mol. The van der Waals surface area contributed by atoms with E-state index in [4.69, 9.17) is 14.0 Å². The Hall–Kier alpha value is -1.46. The minimum Gasteiger partial charge on any atom is -0.394 e. The van der Waals surface area contributed by atoms with Gasteiger partial charge in [-0.3, -0.25) is 9.35 Å². The zero-order valence-corrected chi connectivity index (χ0v) is 36.8. The molecule has 342 valence electrons. The first-order chi connectivity index (χ1) is 27.9. The van der Waals surface area contributed by atoms with E-state index in [1.165, 1.54) is 96.0 Å². The van der Waals surface area contributed by atoms with Gasteiger partial charge in [0.15, 0.2) is 6.29 Å². The van der Waals surface area contributed by atoms with Gasteiger partial charge in [0.1, 0.15) is 30.5 Å². The molecule has 1 amide bonds. The zero-order valence-electron chi connectivity index (χ0n) is 36.0. The topological polar surface area (TPSA) is 212 Å². The third-order valence-corrected chi connectivity index (χ3v) is 11.3. The fourth-order valence-corrected chi connectivity index (χ4v) is 7.67. The van der Waals surface area contributed by atoms with Crippen LogP contribution in [-0.4, -0.2) is 107 Å². The van der Waals surface area contributed by atoms with Gasteiger partial charge in [-0.05, 0) is 44.9 Å². The smallest absolute Gasteiger partial charge is 0.394 e. The highest BCUT2D eigenvalue weighted by molar-refractivity contribution is 7.80. The number of hydrogen-bond acceptors (Lipinski definition) is 11. The fourth-order valence-electron chi connectivity index (χ4n) is 7.16. The Morgan fingerprint density at radius 1 is 0.690 bits per heavy atom. The van der Waals surface area contributed by atoms with Crippen molar-refractivity contribution in [1.82, 2.24) is 5.32 Å². The summed E-state index contributed by atoms with van der Waals surface area (Å²) in [5, 5.41) is 55.0. The lowest BCUT2D eigenvalue weighted by Crippen LogP contribution is -2.61. The van der Waals surface area contributed by atoms with Gasteiger partial charge < -0.3 is 40.3 Å². The number of hydrogen-bond donors (Lipinski definition) is 7. The van der Waals surface area contributed by atoms with E-state index in [0.29, 0.717) is 12.8 Å². The van der Waals surface area contributed by atoms with Crippen LogP contribution in [0.25, 0.3) is 0 Å². The maximum atomic E-state index is 13.1. The maximum Gasteiger partial charge on any atom is 0.397 e. The molecule has 58 heavy (non-hydrogen) atoms. The summed E-state index contributed by atoms with van der Waals surface area (Å²) in [4.78, 5) is 13.1. The highest BCUT2D eigenvalue weighted by atomic mass is 32.3. The summed E-state index contributed by atoms with van der Waals surface area (Å²) >= 11 is 0. The van der Waals surface area contributed by atoms with Gasteiger partial charge in [0.05, 0.1) is 25.4 Å². The number of amides is 1. The van der Waals surface area contributed by atoms with Crippen molar-refractivity contribution in [2.75, 3.05) is 13.2 Å². The lowest BCUT2D eigenvalue weighted by Gasteiger charge is -2.41. The van der Waals surface area contributed by atoms with Crippen LogP contribution in [0, 0.1) is 0 Å². The Morgan fingerprint density at radius 3 is 1.60 bits per heavy atom. The molecule has 8 unspecified atom stereocenters. The number of aliphatic hydroxyl groups excluding tert-OH is 5. The van der Waals surface area contributed by atoms with Crippen molar-refractivity contribution < 1.29 is 57.0 Å². The lowest BCUT2D eigenvalue weighted by atomic mass is 9.99. The molecule has 7 N–H and O–H groups in total. The van der Waals surface area contributed by atoms with Crippen LogP contribution in [0.3, 0.4) is 0 Å². The predicted molar refractivity (Wildman–Crippen MR) is 228 cm³/mol. The summed E-state index contributed by atoms with van der Waals surface area (Å²) in [6, 6.07) is -1.12. The first-order valence-electron chi connectivity index (χ1n) is 22.8. The number of ether oxygens (including phenoxy) is 2. The number of rotatable bonds is 38. The van der Waals surface area contributed by atoms with Crippen molar-refractivity contribution in [3.8, 4) is 0 Å². The average molecular weight is 850 g/mol. The van der Waals surface area contributed by atoms with Crippen LogP contribution in [0.5, 0.6) is 0 Å². The van der Waals surface area contributed by atoms with Gasteiger partial charge >= 0.3 is 10.4 Å². The van der Waals surface area contributed by atoms with E-state index in [1.807, 2.05) is 6.08 Å². The van der Waals surface area contributed by atoms with E-state index in [0.717, 1.165) is 64.2 Å². The fraction of sp³-hybridized carbons (Fsp3) is 0.886. The number of nitrogens with one attached hydrogen (secondary N) is 1. The summed E-state index contributed by atoms with van der Waals surface area (Å²) in [6.07, 6.45) is 27.0. The summed E-state index contributed by atoms with van der Waals surface area (Å²) in [5.41, 5.74) is 0. The molecule has 1 saturated heterocycles. The third-order valence-electron chi connectivity index (χ3n) is 10.8. The summed E-state index contributed by atoms with van der Waals surface area (Å²) in [6.45, 7) is 3.18. The first-order valence-corrected chi connectivity index (χ1v) is 24.2. The minimum atomic E-state index is -5.11. The van der Waals surface area contributed by atoms with E-state index < -0.39 is 78.5 Å². The second kappa shape index (κ2) is 35.2. The molecular formula is C44H83NO12S. The minimum absolute atomic E-state index is 0.237. The Balaban J connectivity index is 2.53. The monoisotopic (exact) mass is 850 g/mol. The van der Waals surface area contributed by atoms with Crippen LogP contribution in [0.2, 0.25) is 0 Å². The average Bonchev–Trinajstić information content (AvgIpc) is 3.19. The lowest BCUT2D eigenvalue weighted by molar-refractivity contribution is -0.298. The quantitative estimate of drug-likeness (QED) is 0.0183. The van der Waals surface area contributed by atoms with Crippen molar-refractivity contribution >= 4 is 16.3 Å². The Kier molecular flexibility index (Phi) is 33.1. The molecule has 14 heteroatoms. The van der Waals surface area contributed by atoms with Gasteiger partial charge in [-0.15, -0.1) is 0 Å². The molecule has 0 aromatic heterocycles. The number of unbranched alkanes of at least 4 members (excludes halogenated alkanes) is 23. The van der Waals surface area contributed by atoms with Crippen LogP contribution < -0.4 is 5.32 Å². The Bertz CT molecular complexity index is 1160. The highest BCUT2D eigenvalue weighted by Crippen LogP contribution is 2.26. The Morgan fingerprint density at radius 2 is 1.14 bits per heavy atom. The summed E-state index contributed by atoms with van der Waals surface area (Å²) in [7, 11) is -5.11. The molecule has 8 atom stereocenters. The number of allylic oxidation sites excluding steroid dienone is 3. The SMILES string of the molecule is CCCCCCCCCC/C=C/C(O)C(COC1OC(CO)C(O)C(OS(=O)(=O)O)C1O)NC(=O)C(O)CCCCCCCC/C=C\CCCCCCCCCCC. The molecule has 0 radical (unpaired) electrons. The van der Waals surface area contributed by atoms with Gasteiger partial charge in [0.2, 0.25) is 5.91 Å². The van der Waals surface area contributed by atoms with Gasteiger partial charge in [0, 0.05) is 0 Å². The molecule has 1 heterocycles. The van der Waals surface area contributed by atoms with Crippen LogP contribution in [0.1, 0.15) is 187 Å². The second-order valence-corrected chi connectivity index (χ2v) is 17.2. The van der Waals surface area contributed by atoms with Crippen LogP contribution in [0.4, 0.5) is 0 Å². The molecule has 1 fully saturated rings. The molecule has 0 aliphatic carbocycles. The van der Waals surface area contributed by atoms with E-state index in [2.05, 4.69) is 35.5 Å². The van der Waals surface area contributed by atoms with Crippen molar-refractivity contribution in [2.24, 2.45) is 0 Å². The van der Waals surface area contributed by atoms with Gasteiger partial charge in [-0.25, -0.2) is 4.18 Å². The molecule has 1 aliphatic heterocycles. The van der Waals surface area contributed by atoms with E-state index in [-0.39, 0.29) is 6.42 Å². The van der Waals surface area contributed by atoms with Crippen LogP contribution >= 0.6 is 0 Å². The Labute approximate surface area is 351 Å². The van der Waals surface area contributed by atoms with E-state index >= 15 is 0 Å². The molecule has 0 saturated carbocycles. The van der Waals surface area contributed by atoms with Crippen molar-refractivity contribution in [3.05, 3.63) is 24.3 Å². The molecule has 0 aromatic carbocycles. The molecule has 1 aliphatic rings. The maximum absolute atomic E-state index is 13.1. The van der Waals surface area contributed by atoms with Crippen molar-refractivity contribution in [3.63, 3.8) is 0 Å². The molecule has 0 bridgehead atoms. The second-order valence-electron chi connectivity index (χ2n) is 16.1. The largest absolute Gasteiger partial charge is 0.397 e. The number of aliphatic hydroxyl groups is 5. The predicted octanol–water partition coefficient (Wildman–Crippen LogP) is 7.52. The third kappa shape index (κ3) is 27.4. The first kappa shape index (κ1) is 54.6. The summed E-state index contributed by atoms with van der Waals surface area (Å²) in [5.74, 6) is -0.709. The van der Waals surface area contributed by atoms with Gasteiger partial charge in [0.25, 0.3) is 0 Å². The number of carbonyl (C=O) groups excluding carboxylic acids is 1. The van der Waals surface area contributed by atoms with Crippen LogP contribution in [-0.2, 0) is 28.9 Å². The normalized spacial score (nSPS) is 21.8. The van der Waals surface area contributed by atoms with Crippen molar-refractivity contribution in [2.45, 2.75) is 236 Å². The molecule has 13 nitrogen and oxygen atoms in total. The van der Waals surface area contributed by atoms with E-state index in [1.54, 1.807) is 0 Å². The van der Waals surface area contributed by atoms with E-state index in [9.17, 15) is 38.7 Å². The van der Waals surface area contributed by atoms with Gasteiger partial charge in [-0.2, -0.15) is 8.42 Å². The molecule has 1 rings (SSSR count). The van der Waals surface area contributed by atoms with Crippen LogP contribution in [0.15, 0.2) is 24.3 Å². The van der Waals surface area contributed by atoms with Gasteiger partial charge in [-0.1, -0.05) is 167 Å². The van der Waals surface area contributed by atoms with Crippen molar-refractivity contribution in [1.29, 1.82) is 0 Å².